The Morgan fingerprint density at radius 1 is 0.333 bits per heavy atom. The summed E-state index contributed by atoms with van der Waals surface area (Å²) >= 11 is 0. The first kappa shape index (κ1) is 57.4. The molecule has 0 N–H and O–H groups in total. The molecular weight excluding hydrogens is 745 g/mol. The number of unbranched alkanes of at least 4 members (excludes halogenated alkanes) is 27. The number of allylic oxidation sites excluding steroid dienone is 8. The maximum Gasteiger partial charge on any atom is 0.306 e. The van der Waals surface area contributed by atoms with Gasteiger partial charge in [0.1, 0.15) is 13.2 Å². The molecule has 0 saturated carbocycles. The van der Waals surface area contributed by atoms with Gasteiger partial charge in [-0.15, -0.1) is 0 Å². The van der Waals surface area contributed by atoms with Crippen molar-refractivity contribution >= 4 is 17.9 Å². The van der Waals surface area contributed by atoms with Gasteiger partial charge in [-0.1, -0.05) is 198 Å². The third kappa shape index (κ3) is 46.4. The molecule has 6 heteroatoms. The average molecular weight is 841 g/mol. The zero-order valence-corrected chi connectivity index (χ0v) is 39.7. The summed E-state index contributed by atoms with van der Waals surface area (Å²) in [6.45, 7) is 6.55. The van der Waals surface area contributed by atoms with Crippen LogP contribution in [0.3, 0.4) is 0 Å². The molecular formula is C54H96O6. The highest BCUT2D eigenvalue weighted by Gasteiger charge is 2.19. The Balaban J connectivity index is 4.45. The van der Waals surface area contributed by atoms with Gasteiger partial charge in [-0.2, -0.15) is 0 Å². The Morgan fingerprint density at radius 2 is 0.633 bits per heavy atom. The van der Waals surface area contributed by atoms with Gasteiger partial charge in [0.2, 0.25) is 0 Å². The molecule has 0 rings (SSSR count). The lowest BCUT2D eigenvalue weighted by Gasteiger charge is -2.18. The van der Waals surface area contributed by atoms with Crippen LogP contribution in [0, 0.1) is 0 Å². The van der Waals surface area contributed by atoms with Gasteiger partial charge in [0.15, 0.2) is 6.10 Å². The lowest BCUT2D eigenvalue weighted by molar-refractivity contribution is -0.166. The van der Waals surface area contributed by atoms with E-state index in [1.165, 1.54) is 141 Å². The smallest absolute Gasteiger partial charge is 0.306 e. The summed E-state index contributed by atoms with van der Waals surface area (Å²) in [5.41, 5.74) is 0. The van der Waals surface area contributed by atoms with E-state index < -0.39 is 6.10 Å². The fraction of sp³-hybridized carbons (Fsp3) is 0.796. The van der Waals surface area contributed by atoms with E-state index in [-0.39, 0.29) is 37.5 Å². The van der Waals surface area contributed by atoms with E-state index in [0.717, 1.165) is 70.6 Å². The number of ether oxygens (including phenoxy) is 3. The first-order valence-electron chi connectivity index (χ1n) is 25.6. The third-order valence-corrected chi connectivity index (χ3v) is 11.0. The molecule has 0 radical (unpaired) electrons. The van der Waals surface area contributed by atoms with Crippen LogP contribution in [0.5, 0.6) is 0 Å². The van der Waals surface area contributed by atoms with Crippen LogP contribution in [0.4, 0.5) is 0 Å². The number of carbonyl (C=O) groups is 3. The van der Waals surface area contributed by atoms with Crippen LogP contribution in [-0.2, 0) is 28.6 Å². The summed E-state index contributed by atoms with van der Waals surface area (Å²) in [4.78, 5) is 37.9. The molecule has 6 nitrogen and oxygen atoms in total. The van der Waals surface area contributed by atoms with Crippen LogP contribution in [0.2, 0.25) is 0 Å². The number of carbonyl (C=O) groups excluding carboxylic acids is 3. The van der Waals surface area contributed by atoms with Crippen LogP contribution in [0.1, 0.15) is 258 Å². The molecule has 0 aliphatic heterocycles. The van der Waals surface area contributed by atoms with E-state index in [1.54, 1.807) is 0 Å². The van der Waals surface area contributed by atoms with Crippen LogP contribution in [-0.4, -0.2) is 37.2 Å². The van der Waals surface area contributed by atoms with Gasteiger partial charge in [-0.05, 0) is 89.9 Å². The summed E-state index contributed by atoms with van der Waals surface area (Å²) in [6, 6.07) is 0. The Hall–Kier alpha value is -2.63. The summed E-state index contributed by atoms with van der Waals surface area (Å²) in [5, 5.41) is 0. The van der Waals surface area contributed by atoms with Crippen LogP contribution in [0.25, 0.3) is 0 Å². The molecule has 0 aliphatic rings. The summed E-state index contributed by atoms with van der Waals surface area (Å²) in [6.07, 6.45) is 58.2. The number of hydrogen-bond acceptors (Lipinski definition) is 6. The summed E-state index contributed by atoms with van der Waals surface area (Å²) < 4.78 is 16.7. The first-order valence-corrected chi connectivity index (χ1v) is 25.6. The predicted octanol–water partition coefficient (Wildman–Crippen LogP) is 16.7. The highest BCUT2D eigenvalue weighted by atomic mass is 16.6. The number of rotatable bonds is 46. The topological polar surface area (TPSA) is 78.9 Å². The van der Waals surface area contributed by atoms with E-state index in [2.05, 4.69) is 63.3 Å². The second-order valence-electron chi connectivity index (χ2n) is 17.1. The normalized spacial score (nSPS) is 12.4. The van der Waals surface area contributed by atoms with Gasteiger partial charge >= 0.3 is 17.9 Å². The third-order valence-electron chi connectivity index (χ3n) is 11.0. The molecule has 0 heterocycles. The van der Waals surface area contributed by atoms with Crippen molar-refractivity contribution in [3.8, 4) is 0 Å². The maximum atomic E-state index is 12.7. The highest BCUT2D eigenvalue weighted by molar-refractivity contribution is 5.71. The molecule has 0 aromatic heterocycles. The molecule has 0 amide bonds. The van der Waals surface area contributed by atoms with Crippen LogP contribution >= 0.6 is 0 Å². The lowest BCUT2D eigenvalue weighted by Crippen LogP contribution is -2.30. The first-order chi connectivity index (χ1) is 29.5. The quantitative estimate of drug-likeness (QED) is 0.0263. The minimum absolute atomic E-state index is 0.104. The van der Waals surface area contributed by atoms with E-state index in [0.29, 0.717) is 19.3 Å². The number of esters is 3. The minimum atomic E-state index is -0.810. The molecule has 0 bridgehead atoms. The minimum Gasteiger partial charge on any atom is -0.462 e. The summed E-state index contributed by atoms with van der Waals surface area (Å²) in [5.74, 6) is -0.992. The van der Waals surface area contributed by atoms with E-state index in [9.17, 15) is 14.4 Å². The Morgan fingerprint density at radius 3 is 1.02 bits per heavy atom. The van der Waals surface area contributed by atoms with Crippen LogP contribution < -0.4 is 0 Å². The standard InChI is InChI=1S/C54H96O6/c1-4-7-10-13-16-19-22-25-26-27-30-32-35-38-41-44-47-53(56)59-50-51(60-54(57)48-45-42-39-36-33-29-24-21-18-15-12-9-6-3)49-58-52(55)46-43-40-37-34-31-28-23-20-17-14-11-8-5-2/h26-29,31,33,39,42,51H,4-25,30,32,34-38,40-41,43-50H2,1-3H3/b27-26+,31-28+,33-29+,42-39+. The number of hydrogen-bond donors (Lipinski definition) is 0. The largest absolute Gasteiger partial charge is 0.462 e. The van der Waals surface area contributed by atoms with E-state index in [4.69, 9.17) is 14.2 Å². The average Bonchev–Trinajstić information content (AvgIpc) is 3.24. The van der Waals surface area contributed by atoms with Gasteiger partial charge in [0.05, 0.1) is 0 Å². The van der Waals surface area contributed by atoms with Gasteiger partial charge in [-0.3, -0.25) is 14.4 Å². The summed E-state index contributed by atoms with van der Waals surface area (Å²) in [7, 11) is 0. The van der Waals surface area contributed by atoms with Gasteiger partial charge in [0.25, 0.3) is 0 Å². The monoisotopic (exact) mass is 841 g/mol. The van der Waals surface area contributed by atoms with E-state index >= 15 is 0 Å². The van der Waals surface area contributed by atoms with Crippen molar-refractivity contribution in [2.24, 2.45) is 0 Å². The molecule has 1 unspecified atom stereocenters. The molecule has 0 aliphatic carbocycles. The molecule has 0 aromatic carbocycles. The van der Waals surface area contributed by atoms with Crippen molar-refractivity contribution in [2.75, 3.05) is 13.2 Å². The second-order valence-corrected chi connectivity index (χ2v) is 17.1. The van der Waals surface area contributed by atoms with Crippen molar-refractivity contribution < 1.29 is 28.6 Å². The van der Waals surface area contributed by atoms with Crippen molar-refractivity contribution in [3.63, 3.8) is 0 Å². The van der Waals surface area contributed by atoms with Crippen molar-refractivity contribution in [3.05, 3.63) is 48.6 Å². The Labute approximate surface area is 371 Å². The van der Waals surface area contributed by atoms with E-state index in [1.807, 2.05) is 6.08 Å². The Bertz CT molecular complexity index is 1060. The zero-order chi connectivity index (χ0) is 43.7. The SMILES string of the molecule is CCCCCCCC/C=C/C/C=C/CCC(=O)OC(COC(=O)CCCCC/C=C/CCCCCCCC)COC(=O)CCCCCCC/C=C/CCCCCCCCC. The fourth-order valence-electron chi connectivity index (χ4n) is 7.13. The Kier molecular flexibility index (Phi) is 46.9. The fourth-order valence-corrected chi connectivity index (χ4v) is 7.13. The zero-order valence-electron chi connectivity index (χ0n) is 39.7. The van der Waals surface area contributed by atoms with Crippen molar-refractivity contribution in [2.45, 2.75) is 264 Å². The van der Waals surface area contributed by atoms with Gasteiger partial charge in [0, 0.05) is 19.3 Å². The molecule has 0 saturated heterocycles. The molecule has 0 aromatic rings. The lowest BCUT2D eigenvalue weighted by atomic mass is 10.1. The molecule has 60 heavy (non-hydrogen) atoms. The van der Waals surface area contributed by atoms with Gasteiger partial charge < -0.3 is 14.2 Å². The molecule has 1 atom stereocenters. The highest BCUT2D eigenvalue weighted by Crippen LogP contribution is 2.13. The predicted molar refractivity (Wildman–Crippen MR) is 256 cm³/mol. The molecule has 348 valence electrons. The van der Waals surface area contributed by atoms with Crippen LogP contribution in [0.15, 0.2) is 48.6 Å². The van der Waals surface area contributed by atoms with Crippen molar-refractivity contribution in [1.29, 1.82) is 0 Å². The van der Waals surface area contributed by atoms with Gasteiger partial charge in [-0.25, -0.2) is 0 Å². The molecule has 0 fully saturated rings. The molecule has 0 spiro atoms. The maximum absolute atomic E-state index is 12.7. The van der Waals surface area contributed by atoms with Crippen molar-refractivity contribution in [1.82, 2.24) is 0 Å². The second kappa shape index (κ2) is 49.0.